The molecule has 2 heterocycles. The lowest BCUT2D eigenvalue weighted by atomic mass is 10.0. The molecule has 11 heteroatoms. The molecule has 46 heavy (non-hydrogen) atoms. The van der Waals surface area contributed by atoms with Crippen molar-refractivity contribution in [2.75, 3.05) is 11.1 Å². The number of aliphatic hydroxyl groups excluding tert-OH is 1. The van der Waals surface area contributed by atoms with Gasteiger partial charge in [0.05, 0.1) is 18.8 Å². The average Bonchev–Trinajstić information content (AvgIpc) is 3.52. The van der Waals surface area contributed by atoms with Gasteiger partial charge in [-0.3, -0.25) is 4.79 Å². The van der Waals surface area contributed by atoms with Crippen molar-refractivity contribution in [1.29, 1.82) is 0 Å². The molecule has 0 bridgehead atoms. The molecular formula is C35H29Cl3N2O5S. The molecule has 1 fully saturated rings. The van der Waals surface area contributed by atoms with Crippen LogP contribution in [-0.4, -0.2) is 31.6 Å². The largest absolute Gasteiger partial charge is 0.431 e. The van der Waals surface area contributed by atoms with Gasteiger partial charge in [-0.2, -0.15) is 0 Å². The van der Waals surface area contributed by atoms with E-state index in [9.17, 15) is 9.90 Å². The number of anilines is 1. The van der Waals surface area contributed by atoms with E-state index in [1.807, 2.05) is 84.9 Å². The summed E-state index contributed by atoms with van der Waals surface area (Å²) in [6.45, 7) is -0.0376. The van der Waals surface area contributed by atoms with Crippen LogP contribution in [0.3, 0.4) is 0 Å². The molecule has 236 valence electrons. The maximum atomic E-state index is 12.1. The van der Waals surface area contributed by atoms with Gasteiger partial charge < -0.3 is 24.3 Å². The number of benzene rings is 4. The van der Waals surface area contributed by atoms with E-state index in [1.165, 1.54) is 11.8 Å². The zero-order valence-electron chi connectivity index (χ0n) is 24.3. The molecule has 0 spiro atoms. The van der Waals surface area contributed by atoms with Crippen LogP contribution >= 0.6 is 46.6 Å². The number of nitrogens with one attached hydrogen (secondary N) is 1. The highest BCUT2D eigenvalue weighted by Gasteiger charge is 2.33. The molecule has 5 aromatic rings. The number of rotatable bonds is 9. The number of carbonyl (C=O) groups excluding carboxylic acids is 1. The van der Waals surface area contributed by atoms with Gasteiger partial charge >= 0.3 is 0 Å². The van der Waals surface area contributed by atoms with Gasteiger partial charge in [-0.05, 0) is 23.3 Å². The summed E-state index contributed by atoms with van der Waals surface area (Å²) in [6, 6.07) is 34.6. The van der Waals surface area contributed by atoms with Gasteiger partial charge in [-0.15, -0.1) is 0 Å². The first-order valence-corrected chi connectivity index (χ1v) is 16.6. The number of hydrogen-bond acceptors (Lipinski definition) is 7. The van der Waals surface area contributed by atoms with E-state index in [0.29, 0.717) is 28.8 Å². The van der Waals surface area contributed by atoms with E-state index in [2.05, 4.69) is 5.32 Å². The van der Waals surface area contributed by atoms with Crippen molar-refractivity contribution in [3.05, 3.63) is 126 Å². The van der Waals surface area contributed by atoms with Gasteiger partial charge in [0.25, 0.3) is 14.9 Å². The summed E-state index contributed by atoms with van der Waals surface area (Å²) >= 11 is 18.6. The topological polar surface area (TPSA) is 93.8 Å². The predicted octanol–water partition coefficient (Wildman–Crippen LogP) is 9.15. The maximum absolute atomic E-state index is 12.1. The van der Waals surface area contributed by atoms with Crippen molar-refractivity contribution < 1.29 is 23.8 Å². The molecule has 6 rings (SSSR count). The summed E-state index contributed by atoms with van der Waals surface area (Å²) in [4.78, 5) is 17.0. The molecule has 7 nitrogen and oxygen atoms in total. The van der Waals surface area contributed by atoms with Crippen LogP contribution in [0.4, 0.5) is 5.69 Å². The molecule has 1 aliphatic rings. The number of amides is 1. The Morgan fingerprint density at radius 2 is 1.48 bits per heavy atom. The third-order valence-corrected chi connectivity index (χ3v) is 8.87. The van der Waals surface area contributed by atoms with Gasteiger partial charge in [-0.25, -0.2) is 4.98 Å². The Balaban J connectivity index is 1.23. The Kier molecular flexibility index (Phi) is 10.4. The zero-order valence-corrected chi connectivity index (χ0v) is 27.4. The highest BCUT2D eigenvalue weighted by Crippen LogP contribution is 2.41. The molecular weight excluding hydrogens is 667 g/mol. The number of ether oxygens (including phenoxy) is 2. The smallest absolute Gasteiger partial charge is 0.276 e. The first kappa shape index (κ1) is 32.6. The molecule has 1 saturated heterocycles. The number of alkyl halides is 3. The molecule has 0 radical (unpaired) electrons. The first-order chi connectivity index (χ1) is 22.3. The van der Waals surface area contributed by atoms with E-state index in [1.54, 1.807) is 24.3 Å². The summed E-state index contributed by atoms with van der Waals surface area (Å²) in [7, 11) is 0. The average molecular weight is 696 g/mol. The predicted molar refractivity (Wildman–Crippen MR) is 182 cm³/mol. The van der Waals surface area contributed by atoms with E-state index in [-0.39, 0.29) is 18.8 Å². The van der Waals surface area contributed by atoms with Crippen molar-refractivity contribution in [3.63, 3.8) is 0 Å². The van der Waals surface area contributed by atoms with Crippen LogP contribution in [0.25, 0.3) is 22.6 Å². The summed E-state index contributed by atoms with van der Waals surface area (Å²) in [5, 5.41) is 12.6. The second-order valence-corrected chi connectivity index (χ2v) is 13.9. The monoisotopic (exact) mass is 694 g/mol. The second kappa shape index (κ2) is 14.6. The number of oxazole rings is 1. The Bertz CT molecular complexity index is 1690. The van der Waals surface area contributed by atoms with Crippen LogP contribution in [0.15, 0.2) is 119 Å². The van der Waals surface area contributed by atoms with E-state index >= 15 is 0 Å². The van der Waals surface area contributed by atoms with Crippen molar-refractivity contribution in [2.24, 2.45) is 0 Å². The lowest BCUT2D eigenvalue weighted by Gasteiger charge is -2.36. The van der Waals surface area contributed by atoms with Gasteiger partial charge in [-0.1, -0.05) is 144 Å². The van der Waals surface area contributed by atoms with Crippen LogP contribution in [0.1, 0.15) is 35.5 Å². The van der Waals surface area contributed by atoms with E-state index in [4.69, 9.17) is 53.7 Å². The minimum Gasteiger partial charge on any atom is -0.431 e. The molecule has 3 atom stereocenters. The van der Waals surface area contributed by atoms with Crippen LogP contribution in [0.2, 0.25) is 0 Å². The van der Waals surface area contributed by atoms with E-state index < -0.39 is 16.0 Å². The number of halogens is 3. The number of aromatic nitrogens is 1. The summed E-state index contributed by atoms with van der Waals surface area (Å²) in [6.07, 6.45) is -0.589. The lowest BCUT2D eigenvalue weighted by Crippen LogP contribution is -2.31. The molecule has 1 amide bonds. The molecule has 0 aliphatic carbocycles. The number of hydrogen-bond donors (Lipinski definition) is 2. The minimum atomic E-state index is -2.08. The third kappa shape index (κ3) is 7.96. The lowest BCUT2D eigenvalue weighted by molar-refractivity contribution is -0.245. The Morgan fingerprint density at radius 3 is 2.11 bits per heavy atom. The molecule has 4 aromatic carbocycles. The van der Waals surface area contributed by atoms with Gasteiger partial charge in [0, 0.05) is 34.6 Å². The fourth-order valence-electron chi connectivity index (χ4n) is 5.05. The standard InChI is InChI=1S/C35H29Cl3N2O5S/c36-35(37,38)33(42)39-27-17-15-26(16-18-27)32-43-28(19-29(44-32)23-13-11-22(20-41)12-14-23)21-46-34-40-30(24-7-3-1-4-8-24)31(45-34)25-9-5-2-6-10-25/h1-18,28-29,32,41H,19-21H2,(H,39,42). The van der Waals surface area contributed by atoms with Crippen LogP contribution < -0.4 is 5.32 Å². The molecule has 1 aromatic heterocycles. The van der Waals surface area contributed by atoms with E-state index in [0.717, 1.165) is 33.5 Å². The summed E-state index contributed by atoms with van der Waals surface area (Å²) in [5.41, 5.74) is 5.71. The molecule has 1 aliphatic heterocycles. The fraction of sp³-hybridized carbons (Fsp3) is 0.200. The van der Waals surface area contributed by atoms with Gasteiger partial charge in [0.1, 0.15) is 5.69 Å². The third-order valence-electron chi connectivity index (χ3n) is 7.40. The SMILES string of the molecule is O=C(Nc1ccc(C2OC(CSc3nc(-c4ccccc4)c(-c4ccccc4)o3)CC(c3ccc(CO)cc3)O2)cc1)C(Cl)(Cl)Cl. The van der Waals surface area contributed by atoms with Crippen LogP contribution in [0, 0.1) is 0 Å². The van der Waals surface area contributed by atoms with Crippen molar-refractivity contribution in [1.82, 2.24) is 4.98 Å². The van der Waals surface area contributed by atoms with Gasteiger partial charge in [0.2, 0.25) is 0 Å². The summed E-state index contributed by atoms with van der Waals surface area (Å²) < 4.78 is 17.2. The highest BCUT2D eigenvalue weighted by molar-refractivity contribution is 7.99. The van der Waals surface area contributed by atoms with Crippen LogP contribution in [0.5, 0.6) is 0 Å². The van der Waals surface area contributed by atoms with Crippen LogP contribution in [-0.2, 0) is 20.9 Å². The first-order valence-electron chi connectivity index (χ1n) is 14.5. The van der Waals surface area contributed by atoms with Crippen molar-refractivity contribution >= 4 is 58.2 Å². The number of thioether (sulfide) groups is 1. The Morgan fingerprint density at radius 1 is 0.848 bits per heavy atom. The number of nitrogens with zero attached hydrogens (tertiary/aromatic N) is 1. The molecule has 3 unspecified atom stereocenters. The highest BCUT2D eigenvalue weighted by atomic mass is 35.6. The quantitative estimate of drug-likeness (QED) is 0.117. The normalized spacial score (nSPS) is 18.3. The summed E-state index contributed by atoms with van der Waals surface area (Å²) in [5.74, 6) is 0.519. The Labute approximate surface area is 285 Å². The molecule has 2 N–H and O–H groups in total. The second-order valence-electron chi connectivity index (χ2n) is 10.6. The maximum Gasteiger partial charge on any atom is 0.276 e. The van der Waals surface area contributed by atoms with Crippen molar-refractivity contribution in [3.8, 4) is 22.6 Å². The number of carbonyl (C=O) groups is 1. The molecule has 0 saturated carbocycles. The zero-order chi connectivity index (χ0) is 32.1. The van der Waals surface area contributed by atoms with Crippen molar-refractivity contribution in [2.45, 2.75) is 40.5 Å². The van der Waals surface area contributed by atoms with Gasteiger partial charge in [0.15, 0.2) is 12.1 Å². The fourth-order valence-corrected chi connectivity index (χ4v) is 6.03. The number of aliphatic hydroxyl groups is 1. The minimum absolute atomic E-state index is 0.0376. The Hall–Kier alpha value is -3.34.